The molecule has 0 saturated heterocycles. The molecule has 1 aromatic carbocycles. The Hall–Kier alpha value is -2.30. The molecule has 128 valence electrons. The molecule has 1 saturated carbocycles. The Bertz CT molecular complexity index is 674. The second-order valence-electron chi connectivity index (χ2n) is 6.66. The number of aromatic nitrogens is 1. The Labute approximate surface area is 142 Å². The van der Waals surface area contributed by atoms with Crippen LogP contribution in [-0.4, -0.2) is 18.0 Å². The van der Waals surface area contributed by atoms with Gasteiger partial charge in [-0.05, 0) is 36.8 Å². The zero-order valence-corrected chi connectivity index (χ0v) is 14.2. The van der Waals surface area contributed by atoms with E-state index >= 15 is 0 Å². The first kappa shape index (κ1) is 16.6. The fourth-order valence-electron chi connectivity index (χ4n) is 3.33. The van der Waals surface area contributed by atoms with E-state index in [1.54, 1.807) is 13.3 Å². The van der Waals surface area contributed by atoms with Crippen molar-refractivity contribution in [2.24, 2.45) is 11.8 Å². The van der Waals surface area contributed by atoms with E-state index in [0.717, 1.165) is 30.0 Å². The molecule has 5 heteroatoms. The number of amides is 1. The topological polar surface area (TPSA) is 64.4 Å². The van der Waals surface area contributed by atoms with E-state index < -0.39 is 0 Å². The molecular weight excluding hydrogens is 304 g/mol. The summed E-state index contributed by atoms with van der Waals surface area (Å²) in [7, 11) is 1.60. The average molecular weight is 328 g/mol. The summed E-state index contributed by atoms with van der Waals surface area (Å²) < 4.78 is 10.7. The molecule has 1 aliphatic rings. The van der Waals surface area contributed by atoms with Crippen molar-refractivity contribution in [1.29, 1.82) is 0 Å². The van der Waals surface area contributed by atoms with Gasteiger partial charge in [0, 0.05) is 18.2 Å². The van der Waals surface area contributed by atoms with Gasteiger partial charge < -0.3 is 14.5 Å². The van der Waals surface area contributed by atoms with Crippen LogP contribution in [0.2, 0.25) is 0 Å². The number of hydrogen-bond donors (Lipinski definition) is 1. The molecule has 1 amide bonds. The smallest absolute Gasteiger partial charge is 0.224 e. The Kier molecular flexibility index (Phi) is 5.18. The number of carbonyl (C=O) groups excluding carboxylic acids is 1. The standard InChI is InChI=1S/C19H24N2O3/c1-13-3-5-14(6-4-13)9-19(22)21-15-7-8-16(17(10-15)23-2)18-11-20-12-24-18/h7-8,10-14H,3-6,9H2,1-2H3,(H,21,22). The number of ether oxygens (including phenoxy) is 1. The van der Waals surface area contributed by atoms with Crippen LogP contribution in [0.4, 0.5) is 5.69 Å². The molecule has 3 rings (SSSR count). The zero-order chi connectivity index (χ0) is 16.9. The van der Waals surface area contributed by atoms with Crippen LogP contribution in [0.5, 0.6) is 5.75 Å². The van der Waals surface area contributed by atoms with Crippen LogP contribution in [0.1, 0.15) is 39.0 Å². The minimum Gasteiger partial charge on any atom is -0.496 e. The van der Waals surface area contributed by atoms with Crippen molar-refractivity contribution in [3.63, 3.8) is 0 Å². The van der Waals surface area contributed by atoms with Gasteiger partial charge >= 0.3 is 0 Å². The first-order valence-corrected chi connectivity index (χ1v) is 8.52. The molecule has 0 radical (unpaired) electrons. The van der Waals surface area contributed by atoms with E-state index in [2.05, 4.69) is 17.2 Å². The van der Waals surface area contributed by atoms with Crippen LogP contribution in [0.25, 0.3) is 11.3 Å². The number of nitrogens with one attached hydrogen (secondary N) is 1. The monoisotopic (exact) mass is 328 g/mol. The molecular formula is C19H24N2O3. The predicted octanol–water partition coefficient (Wildman–Crippen LogP) is 4.51. The fourth-order valence-corrected chi connectivity index (χ4v) is 3.33. The van der Waals surface area contributed by atoms with Gasteiger partial charge in [0.05, 0.1) is 18.9 Å². The van der Waals surface area contributed by atoms with Crippen molar-refractivity contribution in [3.8, 4) is 17.1 Å². The van der Waals surface area contributed by atoms with Gasteiger partial charge in [0.1, 0.15) is 5.75 Å². The molecule has 0 spiro atoms. The van der Waals surface area contributed by atoms with Crippen molar-refractivity contribution >= 4 is 11.6 Å². The number of methoxy groups -OCH3 is 1. The quantitative estimate of drug-likeness (QED) is 0.877. The van der Waals surface area contributed by atoms with Crippen molar-refractivity contribution in [2.75, 3.05) is 12.4 Å². The van der Waals surface area contributed by atoms with Crippen LogP contribution in [0.3, 0.4) is 0 Å². The van der Waals surface area contributed by atoms with Gasteiger partial charge in [-0.25, -0.2) is 4.98 Å². The summed E-state index contributed by atoms with van der Waals surface area (Å²) in [5, 5.41) is 2.98. The van der Waals surface area contributed by atoms with E-state index in [0.29, 0.717) is 23.8 Å². The fraction of sp³-hybridized carbons (Fsp3) is 0.474. The third kappa shape index (κ3) is 3.96. The van der Waals surface area contributed by atoms with Crippen LogP contribution in [-0.2, 0) is 4.79 Å². The zero-order valence-electron chi connectivity index (χ0n) is 14.2. The number of hydrogen-bond acceptors (Lipinski definition) is 4. The Balaban J connectivity index is 1.63. The van der Waals surface area contributed by atoms with Crippen molar-refractivity contribution < 1.29 is 13.9 Å². The van der Waals surface area contributed by atoms with Gasteiger partial charge in [-0.2, -0.15) is 0 Å². The van der Waals surface area contributed by atoms with Gasteiger partial charge in [0.2, 0.25) is 5.91 Å². The molecule has 0 bridgehead atoms. The normalized spacial score (nSPS) is 20.6. The lowest BCUT2D eigenvalue weighted by Crippen LogP contribution is -2.20. The number of rotatable bonds is 5. The van der Waals surface area contributed by atoms with E-state index in [-0.39, 0.29) is 5.91 Å². The SMILES string of the molecule is COc1cc(NC(=O)CC2CCC(C)CC2)ccc1-c1cnco1. The third-order valence-electron chi connectivity index (χ3n) is 4.79. The molecule has 24 heavy (non-hydrogen) atoms. The Morgan fingerprint density at radius 3 is 2.79 bits per heavy atom. The molecule has 1 fully saturated rings. The first-order valence-electron chi connectivity index (χ1n) is 8.52. The van der Waals surface area contributed by atoms with Crippen molar-refractivity contribution in [2.45, 2.75) is 39.0 Å². The maximum atomic E-state index is 12.3. The van der Waals surface area contributed by atoms with Crippen molar-refractivity contribution in [1.82, 2.24) is 4.98 Å². The lowest BCUT2D eigenvalue weighted by molar-refractivity contribution is -0.117. The molecule has 1 aliphatic carbocycles. The molecule has 0 aliphatic heterocycles. The second kappa shape index (κ2) is 7.51. The number of nitrogens with zero attached hydrogens (tertiary/aromatic N) is 1. The van der Waals surface area contributed by atoms with Crippen LogP contribution < -0.4 is 10.1 Å². The van der Waals surface area contributed by atoms with Gasteiger partial charge in [-0.1, -0.05) is 19.8 Å². The number of carbonyl (C=O) groups is 1. The predicted molar refractivity (Wildman–Crippen MR) is 92.9 cm³/mol. The molecule has 1 N–H and O–H groups in total. The Morgan fingerprint density at radius 1 is 1.33 bits per heavy atom. The van der Waals surface area contributed by atoms with Crippen molar-refractivity contribution in [3.05, 3.63) is 30.8 Å². The molecule has 0 atom stereocenters. The number of oxazole rings is 1. The van der Waals surface area contributed by atoms with Crippen LogP contribution in [0, 0.1) is 11.8 Å². The van der Waals surface area contributed by atoms with Crippen LogP contribution in [0.15, 0.2) is 35.2 Å². The summed E-state index contributed by atoms with van der Waals surface area (Å²) >= 11 is 0. The molecule has 1 aromatic heterocycles. The highest BCUT2D eigenvalue weighted by Gasteiger charge is 2.21. The van der Waals surface area contributed by atoms with Gasteiger partial charge in [0.15, 0.2) is 12.2 Å². The summed E-state index contributed by atoms with van der Waals surface area (Å²) in [5.74, 6) is 2.68. The summed E-state index contributed by atoms with van der Waals surface area (Å²) in [5.41, 5.74) is 1.55. The van der Waals surface area contributed by atoms with Crippen LogP contribution >= 0.6 is 0 Å². The molecule has 1 heterocycles. The summed E-state index contributed by atoms with van der Waals surface area (Å²) in [6.07, 6.45) is 8.40. The molecule has 5 nitrogen and oxygen atoms in total. The number of anilines is 1. The highest BCUT2D eigenvalue weighted by Crippen LogP contribution is 2.33. The summed E-state index contributed by atoms with van der Waals surface area (Å²) in [6, 6.07) is 5.55. The average Bonchev–Trinajstić information content (AvgIpc) is 3.11. The number of benzene rings is 1. The molecule has 0 unspecified atom stereocenters. The highest BCUT2D eigenvalue weighted by atomic mass is 16.5. The molecule has 2 aromatic rings. The van der Waals surface area contributed by atoms with Gasteiger partial charge in [0.25, 0.3) is 0 Å². The van der Waals surface area contributed by atoms with E-state index in [1.165, 1.54) is 19.2 Å². The lowest BCUT2D eigenvalue weighted by Gasteiger charge is -2.25. The highest BCUT2D eigenvalue weighted by molar-refractivity contribution is 5.91. The Morgan fingerprint density at radius 2 is 2.12 bits per heavy atom. The third-order valence-corrected chi connectivity index (χ3v) is 4.79. The lowest BCUT2D eigenvalue weighted by atomic mass is 9.81. The second-order valence-corrected chi connectivity index (χ2v) is 6.66. The van der Waals surface area contributed by atoms with E-state index in [4.69, 9.17) is 9.15 Å². The maximum absolute atomic E-state index is 12.3. The maximum Gasteiger partial charge on any atom is 0.224 e. The summed E-state index contributed by atoms with van der Waals surface area (Å²) in [6.45, 7) is 2.29. The summed E-state index contributed by atoms with van der Waals surface area (Å²) in [4.78, 5) is 16.2. The minimum absolute atomic E-state index is 0.0732. The van der Waals surface area contributed by atoms with Gasteiger partial charge in [-0.15, -0.1) is 0 Å². The van der Waals surface area contributed by atoms with E-state index in [9.17, 15) is 4.79 Å². The minimum atomic E-state index is 0.0732. The van der Waals surface area contributed by atoms with Gasteiger partial charge in [-0.3, -0.25) is 4.79 Å². The largest absolute Gasteiger partial charge is 0.496 e. The van der Waals surface area contributed by atoms with E-state index in [1.807, 2.05) is 18.2 Å². The first-order chi connectivity index (χ1) is 11.7.